The molecule has 19 heavy (non-hydrogen) atoms. The van der Waals surface area contributed by atoms with Crippen LogP contribution in [0.4, 0.5) is 5.69 Å². The second-order valence-electron chi connectivity index (χ2n) is 6.08. The van der Waals surface area contributed by atoms with Crippen LogP contribution < -0.4 is 5.32 Å². The second kappa shape index (κ2) is 6.60. The summed E-state index contributed by atoms with van der Waals surface area (Å²) in [4.78, 5) is 12.0. The number of esters is 1. The number of carbonyl (C=O) groups is 1. The van der Waals surface area contributed by atoms with E-state index in [0.29, 0.717) is 6.61 Å². The number of aryl methyl sites for hydroxylation is 1. The summed E-state index contributed by atoms with van der Waals surface area (Å²) in [6.45, 7) is 10.6. The molecule has 0 saturated carbocycles. The van der Waals surface area contributed by atoms with Crippen LogP contribution in [-0.2, 0) is 9.53 Å². The van der Waals surface area contributed by atoms with Crippen LogP contribution in [0.25, 0.3) is 0 Å². The molecule has 0 aliphatic rings. The van der Waals surface area contributed by atoms with E-state index in [1.54, 1.807) is 0 Å². The topological polar surface area (TPSA) is 38.3 Å². The van der Waals surface area contributed by atoms with E-state index >= 15 is 0 Å². The van der Waals surface area contributed by atoms with Gasteiger partial charge in [0.15, 0.2) is 0 Å². The Bertz CT molecular complexity index is 421. The number of carbonyl (C=O) groups excluding carboxylic acids is 1. The quantitative estimate of drug-likeness (QED) is 0.822. The van der Waals surface area contributed by atoms with Gasteiger partial charge in [0.1, 0.15) is 6.04 Å². The molecule has 0 saturated heterocycles. The average Bonchev–Trinajstić information content (AvgIpc) is 2.26. The molecule has 0 aliphatic carbocycles. The number of hydrogen-bond donors (Lipinski definition) is 1. The highest BCUT2D eigenvalue weighted by molar-refractivity contribution is 5.79. The SMILES string of the molecule is CCOC(=O)C(CC(C)(C)C)Nc1cccc(C)c1. The van der Waals surface area contributed by atoms with E-state index in [4.69, 9.17) is 4.74 Å². The van der Waals surface area contributed by atoms with E-state index in [1.807, 2.05) is 38.1 Å². The molecule has 1 rings (SSSR count). The number of benzene rings is 1. The van der Waals surface area contributed by atoms with Crippen molar-refractivity contribution in [3.63, 3.8) is 0 Å². The molecule has 0 bridgehead atoms. The van der Waals surface area contributed by atoms with Gasteiger partial charge in [-0.25, -0.2) is 4.79 Å². The van der Waals surface area contributed by atoms with E-state index in [2.05, 4.69) is 26.1 Å². The Balaban J connectivity index is 2.82. The van der Waals surface area contributed by atoms with Gasteiger partial charge in [-0.15, -0.1) is 0 Å². The molecule has 1 unspecified atom stereocenters. The van der Waals surface area contributed by atoms with Gasteiger partial charge in [-0.2, -0.15) is 0 Å². The van der Waals surface area contributed by atoms with Crippen molar-refractivity contribution < 1.29 is 9.53 Å². The minimum absolute atomic E-state index is 0.0637. The molecule has 3 heteroatoms. The van der Waals surface area contributed by atoms with Gasteiger partial charge >= 0.3 is 5.97 Å². The van der Waals surface area contributed by atoms with Crippen LogP contribution in [0.15, 0.2) is 24.3 Å². The van der Waals surface area contributed by atoms with E-state index in [-0.39, 0.29) is 17.4 Å². The van der Waals surface area contributed by atoms with Crippen LogP contribution in [0.1, 0.15) is 39.7 Å². The lowest BCUT2D eigenvalue weighted by atomic mass is 9.88. The lowest BCUT2D eigenvalue weighted by Crippen LogP contribution is -2.35. The molecule has 0 amide bonds. The fourth-order valence-electron chi connectivity index (χ4n) is 1.98. The summed E-state index contributed by atoms with van der Waals surface area (Å²) in [6, 6.07) is 7.73. The highest BCUT2D eigenvalue weighted by Gasteiger charge is 2.25. The molecular formula is C16H25NO2. The van der Waals surface area contributed by atoms with E-state index < -0.39 is 0 Å². The molecule has 0 aromatic heterocycles. The Hall–Kier alpha value is -1.51. The van der Waals surface area contributed by atoms with Gasteiger partial charge in [0.2, 0.25) is 0 Å². The van der Waals surface area contributed by atoms with Gasteiger partial charge < -0.3 is 10.1 Å². The third-order valence-corrected chi connectivity index (χ3v) is 2.75. The maximum atomic E-state index is 12.0. The Morgan fingerprint density at radius 1 is 1.37 bits per heavy atom. The Morgan fingerprint density at radius 2 is 2.05 bits per heavy atom. The van der Waals surface area contributed by atoms with Gasteiger partial charge in [-0.1, -0.05) is 32.9 Å². The van der Waals surface area contributed by atoms with Crippen LogP contribution in [0.5, 0.6) is 0 Å². The maximum absolute atomic E-state index is 12.0. The van der Waals surface area contributed by atoms with E-state index in [9.17, 15) is 4.79 Å². The lowest BCUT2D eigenvalue weighted by Gasteiger charge is -2.26. The molecule has 1 aromatic carbocycles. The van der Waals surface area contributed by atoms with Crippen molar-refractivity contribution >= 4 is 11.7 Å². The molecule has 3 nitrogen and oxygen atoms in total. The van der Waals surface area contributed by atoms with Crippen LogP contribution >= 0.6 is 0 Å². The molecule has 0 aliphatic heterocycles. The summed E-state index contributed by atoms with van der Waals surface area (Å²) < 4.78 is 5.15. The first-order valence-corrected chi connectivity index (χ1v) is 6.81. The van der Waals surface area contributed by atoms with Gasteiger partial charge in [-0.05, 0) is 43.4 Å². The van der Waals surface area contributed by atoms with E-state index in [1.165, 1.54) is 5.56 Å². The first-order chi connectivity index (χ1) is 8.81. The van der Waals surface area contributed by atoms with Crippen LogP contribution in [-0.4, -0.2) is 18.6 Å². The summed E-state index contributed by atoms with van der Waals surface area (Å²) >= 11 is 0. The zero-order chi connectivity index (χ0) is 14.5. The van der Waals surface area contributed by atoms with Crippen molar-refractivity contribution in [1.82, 2.24) is 0 Å². The first-order valence-electron chi connectivity index (χ1n) is 6.81. The second-order valence-corrected chi connectivity index (χ2v) is 6.08. The van der Waals surface area contributed by atoms with Gasteiger partial charge in [0, 0.05) is 5.69 Å². The van der Waals surface area contributed by atoms with E-state index in [0.717, 1.165) is 12.1 Å². The largest absolute Gasteiger partial charge is 0.464 e. The summed E-state index contributed by atoms with van der Waals surface area (Å²) in [7, 11) is 0. The monoisotopic (exact) mass is 263 g/mol. The van der Waals surface area contributed by atoms with Crippen molar-refractivity contribution in [1.29, 1.82) is 0 Å². The molecule has 106 valence electrons. The average molecular weight is 263 g/mol. The first kappa shape index (κ1) is 15.5. The summed E-state index contributed by atoms with van der Waals surface area (Å²) in [6.07, 6.45) is 0.736. The Labute approximate surface area is 116 Å². The third kappa shape index (κ3) is 5.77. The zero-order valence-corrected chi connectivity index (χ0v) is 12.6. The number of rotatable bonds is 5. The van der Waals surface area contributed by atoms with Crippen LogP contribution in [0.2, 0.25) is 0 Å². The minimum Gasteiger partial charge on any atom is -0.464 e. The number of nitrogens with one attached hydrogen (secondary N) is 1. The normalized spacial score (nSPS) is 12.9. The van der Waals surface area contributed by atoms with Crippen molar-refractivity contribution in [2.45, 2.75) is 47.1 Å². The molecule has 0 heterocycles. The highest BCUT2D eigenvalue weighted by atomic mass is 16.5. The molecular weight excluding hydrogens is 238 g/mol. The fraction of sp³-hybridized carbons (Fsp3) is 0.562. The standard InChI is InChI=1S/C16H25NO2/c1-6-19-15(18)14(11-16(3,4)5)17-13-9-7-8-12(2)10-13/h7-10,14,17H,6,11H2,1-5H3. The number of ether oxygens (including phenoxy) is 1. The van der Waals surface area contributed by atoms with Gasteiger partial charge in [0.25, 0.3) is 0 Å². The predicted octanol–water partition coefficient (Wildman–Crippen LogP) is 3.77. The molecule has 0 fully saturated rings. The molecule has 1 atom stereocenters. The Kier molecular flexibility index (Phi) is 5.40. The molecule has 0 spiro atoms. The number of hydrogen-bond acceptors (Lipinski definition) is 3. The molecule has 0 radical (unpaired) electrons. The Morgan fingerprint density at radius 3 is 2.58 bits per heavy atom. The lowest BCUT2D eigenvalue weighted by molar-refractivity contribution is -0.144. The zero-order valence-electron chi connectivity index (χ0n) is 12.6. The fourth-order valence-corrected chi connectivity index (χ4v) is 1.98. The molecule has 1 N–H and O–H groups in total. The molecule has 1 aromatic rings. The maximum Gasteiger partial charge on any atom is 0.328 e. The van der Waals surface area contributed by atoms with Crippen molar-refractivity contribution in [2.75, 3.05) is 11.9 Å². The van der Waals surface area contributed by atoms with Crippen LogP contribution in [0.3, 0.4) is 0 Å². The van der Waals surface area contributed by atoms with Crippen molar-refractivity contribution in [3.05, 3.63) is 29.8 Å². The summed E-state index contributed by atoms with van der Waals surface area (Å²) in [5, 5.41) is 3.29. The smallest absolute Gasteiger partial charge is 0.328 e. The van der Waals surface area contributed by atoms with Crippen LogP contribution in [0, 0.1) is 12.3 Å². The summed E-state index contributed by atoms with van der Waals surface area (Å²) in [5.74, 6) is -0.182. The van der Waals surface area contributed by atoms with Gasteiger partial charge in [0.05, 0.1) is 6.61 Å². The van der Waals surface area contributed by atoms with Crippen molar-refractivity contribution in [2.24, 2.45) is 5.41 Å². The minimum atomic E-state index is -0.304. The van der Waals surface area contributed by atoms with Crippen molar-refractivity contribution in [3.8, 4) is 0 Å². The summed E-state index contributed by atoms with van der Waals surface area (Å²) in [5.41, 5.74) is 2.19. The highest BCUT2D eigenvalue weighted by Crippen LogP contribution is 2.24. The predicted molar refractivity (Wildman–Crippen MR) is 79.3 cm³/mol. The third-order valence-electron chi connectivity index (χ3n) is 2.75. The number of anilines is 1. The van der Waals surface area contributed by atoms with Gasteiger partial charge in [-0.3, -0.25) is 0 Å².